The molecule has 1 saturated heterocycles. The molecule has 1 amide bonds. The van der Waals surface area contributed by atoms with E-state index in [4.69, 9.17) is 4.74 Å². The molecule has 1 aliphatic rings. The van der Waals surface area contributed by atoms with Crippen molar-refractivity contribution in [3.8, 4) is 0 Å². The molecular weight excluding hydrogens is 226 g/mol. The third-order valence-corrected chi connectivity index (χ3v) is 2.84. The van der Waals surface area contributed by atoms with Gasteiger partial charge in [0.2, 0.25) is 0 Å². The van der Waals surface area contributed by atoms with Gasteiger partial charge in [0.15, 0.2) is 0 Å². The Labute approximate surface area is 107 Å². The SMILES string of the molecule is C/C=C/C=C\[C@@H]1COC(=O)N1Cc1ccccc1. The monoisotopic (exact) mass is 243 g/mol. The van der Waals surface area contributed by atoms with Crippen LogP contribution in [0.1, 0.15) is 12.5 Å². The van der Waals surface area contributed by atoms with Crippen LogP contribution in [-0.2, 0) is 11.3 Å². The van der Waals surface area contributed by atoms with Gasteiger partial charge in [-0.15, -0.1) is 0 Å². The van der Waals surface area contributed by atoms with Crippen molar-refractivity contribution < 1.29 is 9.53 Å². The minimum absolute atomic E-state index is 0.0221. The lowest BCUT2D eigenvalue weighted by Gasteiger charge is -2.18. The number of ether oxygens (including phenoxy) is 1. The second-order valence-corrected chi connectivity index (χ2v) is 4.17. The number of hydrogen-bond donors (Lipinski definition) is 0. The first kappa shape index (κ1) is 12.4. The van der Waals surface area contributed by atoms with Gasteiger partial charge in [-0.1, -0.05) is 54.6 Å². The average molecular weight is 243 g/mol. The van der Waals surface area contributed by atoms with Crippen LogP contribution in [0.4, 0.5) is 4.79 Å². The van der Waals surface area contributed by atoms with Crippen molar-refractivity contribution in [3.05, 3.63) is 60.2 Å². The Morgan fingerprint density at radius 3 is 2.83 bits per heavy atom. The Balaban J connectivity index is 2.06. The predicted molar refractivity (Wildman–Crippen MR) is 71.1 cm³/mol. The maximum Gasteiger partial charge on any atom is 0.410 e. The van der Waals surface area contributed by atoms with E-state index in [9.17, 15) is 4.79 Å². The van der Waals surface area contributed by atoms with Gasteiger partial charge in [-0.05, 0) is 12.5 Å². The van der Waals surface area contributed by atoms with Gasteiger partial charge >= 0.3 is 6.09 Å². The summed E-state index contributed by atoms with van der Waals surface area (Å²) in [6, 6.07) is 9.96. The lowest BCUT2D eigenvalue weighted by Crippen LogP contribution is -2.31. The summed E-state index contributed by atoms with van der Waals surface area (Å²) in [4.78, 5) is 13.4. The smallest absolute Gasteiger partial charge is 0.410 e. The number of rotatable bonds is 4. The van der Waals surface area contributed by atoms with Gasteiger partial charge < -0.3 is 4.74 Å². The number of hydrogen-bond acceptors (Lipinski definition) is 2. The second kappa shape index (κ2) is 6.05. The van der Waals surface area contributed by atoms with Gasteiger partial charge in [-0.2, -0.15) is 0 Å². The van der Waals surface area contributed by atoms with Crippen molar-refractivity contribution in [1.82, 2.24) is 4.90 Å². The Kier molecular flexibility index (Phi) is 4.18. The molecule has 1 atom stereocenters. The Hall–Kier alpha value is -2.03. The van der Waals surface area contributed by atoms with Crippen molar-refractivity contribution >= 4 is 6.09 Å². The molecule has 0 spiro atoms. The minimum atomic E-state index is -0.242. The molecule has 1 heterocycles. The van der Waals surface area contributed by atoms with Crippen LogP contribution in [-0.4, -0.2) is 23.6 Å². The van der Waals surface area contributed by atoms with Crippen LogP contribution >= 0.6 is 0 Å². The summed E-state index contributed by atoms with van der Waals surface area (Å²) in [7, 11) is 0. The fraction of sp³-hybridized carbons (Fsp3) is 0.267. The summed E-state index contributed by atoms with van der Waals surface area (Å²) in [5.41, 5.74) is 1.11. The third kappa shape index (κ3) is 3.00. The highest BCUT2D eigenvalue weighted by Gasteiger charge is 2.30. The van der Waals surface area contributed by atoms with E-state index in [1.807, 2.05) is 61.6 Å². The van der Waals surface area contributed by atoms with Gasteiger partial charge in [0.05, 0.1) is 6.04 Å². The summed E-state index contributed by atoms with van der Waals surface area (Å²) in [5, 5.41) is 0. The van der Waals surface area contributed by atoms with Gasteiger partial charge in [0.25, 0.3) is 0 Å². The van der Waals surface area contributed by atoms with E-state index in [0.717, 1.165) is 5.56 Å². The summed E-state index contributed by atoms with van der Waals surface area (Å²) >= 11 is 0. The molecule has 94 valence electrons. The van der Waals surface area contributed by atoms with Crippen LogP contribution in [0.2, 0.25) is 0 Å². The van der Waals surface area contributed by atoms with Gasteiger partial charge in [-0.25, -0.2) is 4.79 Å². The summed E-state index contributed by atoms with van der Waals surface area (Å²) in [6.07, 6.45) is 7.60. The number of nitrogens with zero attached hydrogens (tertiary/aromatic N) is 1. The van der Waals surface area contributed by atoms with E-state index >= 15 is 0 Å². The maximum atomic E-state index is 11.7. The predicted octanol–water partition coefficient (Wildman–Crippen LogP) is 3.14. The standard InChI is InChI=1S/C15H17NO2/c1-2-3-5-10-14-12-18-15(17)16(14)11-13-8-6-4-7-9-13/h2-10,14H,11-12H2,1H3/b3-2+,10-5-/t14-/m1/s1. The molecule has 1 fully saturated rings. The lowest BCUT2D eigenvalue weighted by molar-refractivity contribution is 0.156. The molecule has 3 nitrogen and oxygen atoms in total. The van der Waals surface area contributed by atoms with Crippen molar-refractivity contribution in [1.29, 1.82) is 0 Å². The molecule has 0 N–H and O–H groups in total. The Bertz CT molecular complexity index is 451. The molecule has 3 heteroatoms. The molecule has 18 heavy (non-hydrogen) atoms. The molecule has 2 rings (SSSR count). The van der Waals surface area contributed by atoms with Gasteiger partial charge in [0.1, 0.15) is 6.61 Å². The molecule has 0 aromatic heterocycles. The van der Waals surface area contributed by atoms with Crippen LogP contribution in [0.5, 0.6) is 0 Å². The normalized spacial score (nSPS) is 19.9. The number of carbonyl (C=O) groups is 1. The van der Waals surface area contributed by atoms with Crippen LogP contribution < -0.4 is 0 Å². The van der Waals surface area contributed by atoms with Crippen molar-refractivity contribution in [3.63, 3.8) is 0 Å². The van der Waals surface area contributed by atoms with Crippen LogP contribution in [0, 0.1) is 0 Å². The van der Waals surface area contributed by atoms with E-state index in [2.05, 4.69) is 0 Å². The zero-order valence-corrected chi connectivity index (χ0v) is 10.5. The topological polar surface area (TPSA) is 29.5 Å². The number of allylic oxidation sites excluding steroid dienone is 3. The molecule has 1 aromatic carbocycles. The van der Waals surface area contributed by atoms with Gasteiger partial charge in [0, 0.05) is 6.54 Å². The second-order valence-electron chi connectivity index (χ2n) is 4.17. The quantitative estimate of drug-likeness (QED) is 0.760. The van der Waals surface area contributed by atoms with E-state index in [1.165, 1.54) is 0 Å². The third-order valence-electron chi connectivity index (χ3n) is 2.84. The number of benzene rings is 1. The van der Waals surface area contributed by atoms with E-state index < -0.39 is 0 Å². The number of cyclic esters (lactones) is 1. The first-order chi connectivity index (χ1) is 8.81. The average Bonchev–Trinajstić information content (AvgIpc) is 2.73. The fourth-order valence-electron chi connectivity index (χ4n) is 1.89. The fourth-order valence-corrected chi connectivity index (χ4v) is 1.89. The highest BCUT2D eigenvalue weighted by molar-refractivity contribution is 5.70. The van der Waals surface area contributed by atoms with Crippen molar-refractivity contribution in [2.75, 3.05) is 6.61 Å². The molecule has 0 radical (unpaired) electrons. The highest BCUT2D eigenvalue weighted by atomic mass is 16.6. The molecule has 0 unspecified atom stereocenters. The summed E-state index contributed by atoms with van der Waals surface area (Å²) < 4.78 is 5.09. The minimum Gasteiger partial charge on any atom is -0.447 e. The molecule has 0 aliphatic carbocycles. The van der Waals surface area contributed by atoms with Gasteiger partial charge in [-0.3, -0.25) is 4.90 Å². The molecule has 1 aliphatic heterocycles. The Morgan fingerprint density at radius 1 is 1.33 bits per heavy atom. The van der Waals surface area contributed by atoms with E-state index in [1.54, 1.807) is 4.90 Å². The maximum absolute atomic E-state index is 11.7. The van der Waals surface area contributed by atoms with Crippen molar-refractivity contribution in [2.45, 2.75) is 19.5 Å². The van der Waals surface area contributed by atoms with Crippen LogP contribution in [0.3, 0.4) is 0 Å². The first-order valence-corrected chi connectivity index (χ1v) is 6.08. The largest absolute Gasteiger partial charge is 0.447 e. The molecule has 0 saturated carbocycles. The summed E-state index contributed by atoms with van der Waals surface area (Å²) in [6.45, 7) is 2.98. The molecular formula is C15H17NO2. The van der Waals surface area contributed by atoms with E-state index in [0.29, 0.717) is 13.2 Å². The molecule has 0 bridgehead atoms. The zero-order chi connectivity index (χ0) is 12.8. The van der Waals surface area contributed by atoms with Crippen molar-refractivity contribution in [2.24, 2.45) is 0 Å². The number of carbonyl (C=O) groups excluding carboxylic acids is 1. The highest BCUT2D eigenvalue weighted by Crippen LogP contribution is 2.17. The summed E-state index contributed by atoms with van der Waals surface area (Å²) in [5.74, 6) is 0. The van der Waals surface area contributed by atoms with Crippen LogP contribution in [0.15, 0.2) is 54.6 Å². The zero-order valence-electron chi connectivity index (χ0n) is 10.5. The first-order valence-electron chi connectivity index (χ1n) is 6.08. The Morgan fingerprint density at radius 2 is 2.11 bits per heavy atom. The molecule has 1 aromatic rings. The lowest BCUT2D eigenvalue weighted by atomic mass is 10.2. The van der Waals surface area contributed by atoms with E-state index in [-0.39, 0.29) is 12.1 Å². The van der Waals surface area contributed by atoms with Crippen LogP contribution in [0.25, 0.3) is 0 Å². The number of amides is 1.